The number of hydrogen-bond donors (Lipinski definition) is 1. The zero-order valence-corrected chi connectivity index (χ0v) is 11.3. The lowest BCUT2D eigenvalue weighted by Gasteiger charge is -2.08. The molecule has 0 aliphatic carbocycles. The fraction of sp³-hybridized carbons (Fsp3) is 0.462. The Balaban J connectivity index is 2.72. The van der Waals surface area contributed by atoms with E-state index in [1.165, 1.54) is 12.1 Å². The first-order valence-electron chi connectivity index (χ1n) is 5.80. The fourth-order valence-electron chi connectivity index (χ4n) is 1.50. The minimum Gasteiger partial charge on any atom is -0.478 e. The Hall–Kier alpha value is -1.23. The van der Waals surface area contributed by atoms with Crippen molar-refractivity contribution in [2.75, 3.05) is 5.75 Å². The molecule has 0 bridgehead atoms. The van der Waals surface area contributed by atoms with Crippen LogP contribution in [0.25, 0.3) is 0 Å². The summed E-state index contributed by atoms with van der Waals surface area (Å²) in [4.78, 5) is 10.6. The largest absolute Gasteiger partial charge is 0.478 e. The number of carboxylic acids is 1. The first kappa shape index (κ1) is 14.8. The fourth-order valence-corrected chi connectivity index (χ4v) is 3.04. The van der Waals surface area contributed by atoms with Crippen LogP contribution in [0.15, 0.2) is 18.2 Å². The van der Waals surface area contributed by atoms with E-state index in [0.29, 0.717) is 17.2 Å². The van der Waals surface area contributed by atoms with Crippen molar-refractivity contribution in [3.63, 3.8) is 0 Å². The number of carbonyl (C=O) groups is 1. The van der Waals surface area contributed by atoms with Gasteiger partial charge in [-0.3, -0.25) is 4.21 Å². The van der Waals surface area contributed by atoms with E-state index < -0.39 is 22.6 Å². The summed E-state index contributed by atoms with van der Waals surface area (Å²) in [5, 5.41) is 8.69. The van der Waals surface area contributed by atoms with Gasteiger partial charge in [0, 0.05) is 22.3 Å². The SMILES string of the molecule is CCC(C)CS(=O)Cc1ccc(C(=O)O)c(F)c1. The second-order valence-electron chi connectivity index (χ2n) is 4.38. The maximum Gasteiger partial charge on any atom is 0.338 e. The molecule has 0 aliphatic rings. The monoisotopic (exact) mass is 272 g/mol. The van der Waals surface area contributed by atoms with E-state index >= 15 is 0 Å². The Morgan fingerprint density at radius 1 is 1.50 bits per heavy atom. The molecule has 0 aromatic heterocycles. The van der Waals surface area contributed by atoms with Gasteiger partial charge >= 0.3 is 5.97 Å². The van der Waals surface area contributed by atoms with Crippen LogP contribution in [-0.4, -0.2) is 21.0 Å². The van der Waals surface area contributed by atoms with Crippen LogP contribution in [0.2, 0.25) is 0 Å². The molecule has 100 valence electrons. The molecule has 0 amide bonds. The van der Waals surface area contributed by atoms with Gasteiger partial charge in [0.05, 0.1) is 5.56 Å². The van der Waals surface area contributed by atoms with Crippen LogP contribution < -0.4 is 0 Å². The van der Waals surface area contributed by atoms with E-state index in [9.17, 15) is 13.4 Å². The van der Waals surface area contributed by atoms with Crippen LogP contribution in [0, 0.1) is 11.7 Å². The van der Waals surface area contributed by atoms with E-state index in [2.05, 4.69) is 0 Å². The highest BCUT2D eigenvalue weighted by molar-refractivity contribution is 7.84. The highest BCUT2D eigenvalue weighted by Gasteiger charge is 2.12. The topological polar surface area (TPSA) is 54.4 Å². The van der Waals surface area contributed by atoms with Crippen LogP contribution in [0.5, 0.6) is 0 Å². The highest BCUT2D eigenvalue weighted by Crippen LogP contribution is 2.13. The van der Waals surface area contributed by atoms with Crippen molar-refractivity contribution in [3.05, 3.63) is 35.1 Å². The van der Waals surface area contributed by atoms with E-state index in [-0.39, 0.29) is 11.3 Å². The summed E-state index contributed by atoms with van der Waals surface area (Å²) in [7, 11) is -1.04. The molecule has 0 saturated heterocycles. The molecule has 3 nitrogen and oxygen atoms in total. The summed E-state index contributed by atoms with van der Waals surface area (Å²) in [6.07, 6.45) is 0.956. The van der Waals surface area contributed by atoms with Crippen LogP contribution in [0.4, 0.5) is 4.39 Å². The van der Waals surface area contributed by atoms with Crippen LogP contribution in [0.1, 0.15) is 36.2 Å². The lowest BCUT2D eigenvalue weighted by atomic mass is 10.1. The molecule has 0 heterocycles. The third-order valence-electron chi connectivity index (χ3n) is 2.76. The molecule has 1 aromatic carbocycles. The summed E-state index contributed by atoms with van der Waals surface area (Å²) in [6.45, 7) is 4.05. The minimum atomic E-state index is -1.29. The van der Waals surface area contributed by atoms with E-state index in [0.717, 1.165) is 12.5 Å². The number of halogens is 1. The van der Waals surface area contributed by atoms with Gasteiger partial charge in [0.15, 0.2) is 0 Å². The van der Waals surface area contributed by atoms with Gasteiger partial charge in [0.25, 0.3) is 0 Å². The van der Waals surface area contributed by atoms with Gasteiger partial charge in [0.1, 0.15) is 5.82 Å². The number of hydrogen-bond acceptors (Lipinski definition) is 2. The molecular weight excluding hydrogens is 255 g/mol. The van der Waals surface area contributed by atoms with Gasteiger partial charge in [-0.1, -0.05) is 26.3 Å². The Bertz CT molecular complexity index is 460. The van der Waals surface area contributed by atoms with E-state index in [4.69, 9.17) is 5.11 Å². The second kappa shape index (κ2) is 6.64. The average molecular weight is 272 g/mol. The molecule has 0 aliphatic heterocycles. The molecule has 5 heteroatoms. The molecule has 0 radical (unpaired) electrons. The van der Waals surface area contributed by atoms with Crippen molar-refractivity contribution >= 4 is 16.8 Å². The maximum absolute atomic E-state index is 13.4. The van der Waals surface area contributed by atoms with Gasteiger partial charge in [-0.2, -0.15) is 0 Å². The molecule has 18 heavy (non-hydrogen) atoms. The summed E-state index contributed by atoms with van der Waals surface area (Å²) in [5.74, 6) is -0.853. The Kier molecular flexibility index (Phi) is 5.47. The predicted octanol–water partition coefficient (Wildman–Crippen LogP) is 2.82. The quantitative estimate of drug-likeness (QED) is 0.866. The lowest BCUT2D eigenvalue weighted by Crippen LogP contribution is -2.09. The van der Waals surface area contributed by atoms with Gasteiger partial charge in [0.2, 0.25) is 0 Å². The van der Waals surface area contributed by atoms with Crippen LogP contribution in [0.3, 0.4) is 0 Å². The molecule has 1 rings (SSSR count). The van der Waals surface area contributed by atoms with Gasteiger partial charge in [-0.05, 0) is 23.6 Å². The molecule has 1 N–H and O–H groups in total. The average Bonchev–Trinajstić information content (AvgIpc) is 2.28. The summed E-state index contributed by atoms with van der Waals surface area (Å²) >= 11 is 0. The first-order chi connectivity index (χ1) is 8.43. The predicted molar refractivity (Wildman–Crippen MR) is 69.5 cm³/mol. The Labute approximate surface area is 108 Å². The number of benzene rings is 1. The Morgan fingerprint density at radius 3 is 2.67 bits per heavy atom. The zero-order valence-electron chi connectivity index (χ0n) is 10.5. The van der Waals surface area contributed by atoms with Crippen LogP contribution in [-0.2, 0) is 16.6 Å². The number of aromatic carboxylic acids is 1. The van der Waals surface area contributed by atoms with Crippen molar-refractivity contribution < 1.29 is 18.5 Å². The minimum absolute atomic E-state index is 0.265. The molecule has 0 saturated carbocycles. The molecular formula is C13H17FO3S. The van der Waals surface area contributed by atoms with Crippen molar-refractivity contribution in [1.29, 1.82) is 0 Å². The second-order valence-corrected chi connectivity index (χ2v) is 5.89. The van der Waals surface area contributed by atoms with Gasteiger partial charge in [-0.25, -0.2) is 9.18 Å². The van der Waals surface area contributed by atoms with Crippen molar-refractivity contribution in [2.24, 2.45) is 5.92 Å². The summed E-state index contributed by atoms with van der Waals surface area (Å²) in [6, 6.07) is 3.88. The van der Waals surface area contributed by atoms with Crippen LogP contribution >= 0.6 is 0 Å². The molecule has 2 unspecified atom stereocenters. The normalized spacial score (nSPS) is 14.2. The van der Waals surface area contributed by atoms with E-state index in [1.807, 2.05) is 13.8 Å². The summed E-state index contributed by atoms with van der Waals surface area (Å²) < 4.78 is 25.2. The Morgan fingerprint density at radius 2 is 2.17 bits per heavy atom. The molecule has 2 atom stereocenters. The zero-order chi connectivity index (χ0) is 13.7. The van der Waals surface area contributed by atoms with Gasteiger partial charge in [-0.15, -0.1) is 0 Å². The van der Waals surface area contributed by atoms with E-state index in [1.54, 1.807) is 0 Å². The molecule has 0 fully saturated rings. The van der Waals surface area contributed by atoms with Crippen molar-refractivity contribution in [2.45, 2.75) is 26.0 Å². The first-order valence-corrected chi connectivity index (χ1v) is 7.29. The summed E-state index contributed by atoms with van der Waals surface area (Å²) in [5.41, 5.74) is 0.214. The highest BCUT2D eigenvalue weighted by atomic mass is 32.2. The maximum atomic E-state index is 13.4. The van der Waals surface area contributed by atoms with Gasteiger partial charge < -0.3 is 5.11 Å². The standard InChI is InChI=1S/C13H17FO3S/c1-3-9(2)7-18(17)8-10-4-5-11(13(15)16)12(14)6-10/h4-6,9H,3,7-8H2,1-2H3,(H,15,16). The molecule has 0 spiro atoms. The third kappa shape index (κ3) is 4.22. The lowest BCUT2D eigenvalue weighted by molar-refractivity contribution is 0.0692. The van der Waals surface area contributed by atoms with Crippen molar-refractivity contribution in [1.82, 2.24) is 0 Å². The van der Waals surface area contributed by atoms with Crippen molar-refractivity contribution in [3.8, 4) is 0 Å². The smallest absolute Gasteiger partial charge is 0.338 e. The third-order valence-corrected chi connectivity index (χ3v) is 4.36. The molecule has 1 aromatic rings. The number of carboxylic acid groups (broad SMARTS) is 1. The number of rotatable bonds is 6.